The number of esters is 1. The lowest BCUT2D eigenvalue weighted by Crippen LogP contribution is -2.34. The molecule has 0 radical (unpaired) electrons. The summed E-state index contributed by atoms with van der Waals surface area (Å²) in [6, 6.07) is 13.5. The molecule has 2 aromatic heterocycles. The number of hydrogen-bond acceptors (Lipinski definition) is 9. The van der Waals surface area contributed by atoms with Crippen LogP contribution in [0.25, 0.3) is 10.9 Å². The van der Waals surface area contributed by atoms with Crippen LogP contribution in [0.3, 0.4) is 0 Å². The first-order valence-electron chi connectivity index (χ1n) is 13.4. The number of rotatable bonds is 13. The number of H-pyrrole nitrogens is 1. The molecule has 1 N–H and O–H groups in total. The van der Waals surface area contributed by atoms with Gasteiger partial charge >= 0.3 is 5.97 Å². The Morgan fingerprint density at radius 3 is 2.60 bits per heavy atom. The van der Waals surface area contributed by atoms with Crippen molar-refractivity contribution in [2.45, 2.75) is 52.7 Å². The average Bonchev–Trinajstić information content (AvgIpc) is 3.39. The lowest BCUT2D eigenvalue weighted by molar-refractivity contribution is -0.144. The number of aromatic nitrogens is 5. The topological polar surface area (TPSA) is 124 Å². The van der Waals surface area contributed by atoms with Gasteiger partial charge < -0.3 is 19.2 Å². The van der Waals surface area contributed by atoms with Gasteiger partial charge in [-0.15, -0.1) is 5.10 Å². The second kappa shape index (κ2) is 13.2. The van der Waals surface area contributed by atoms with E-state index in [9.17, 15) is 9.59 Å². The Kier molecular flexibility index (Phi) is 9.49. The monoisotopic (exact) mass is 548 g/mol. The van der Waals surface area contributed by atoms with Crippen LogP contribution in [0.2, 0.25) is 0 Å². The van der Waals surface area contributed by atoms with Crippen LogP contribution < -0.4 is 15.0 Å². The molecule has 0 saturated heterocycles. The number of fused-ring (bicyclic) bond motifs is 1. The second-order valence-electron chi connectivity index (χ2n) is 9.55. The fourth-order valence-electron chi connectivity index (χ4n) is 4.86. The maximum atomic E-state index is 13.1. The number of pyridine rings is 1. The Labute approximate surface area is 233 Å². The van der Waals surface area contributed by atoms with Gasteiger partial charge in [-0.3, -0.25) is 14.5 Å². The minimum absolute atomic E-state index is 0.0912. The Morgan fingerprint density at radius 1 is 1.07 bits per heavy atom. The zero-order chi connectivity index (χ0) is 28.6. The van der Waals surface area contributed by atoms with Gasteiger partial charge in [0.2, 0.25) is 0 Å². The average molecular weight is 549 g/mol. The fraction of sp³-hybridized carbons (Fsp3) is 0.414. The van der Waals surface area contributed by atoms with Gasteiger partial charge in [-0.05, 0) is 78.4 Å². The Morgan fingerprint density at radius 2 is 1.88 bits per heavy atom. The van der Waals surface area contributed by atoms with E-state index in [1.807, 2.05) is 50.2 Å². The smallest absolute Gasteiger partial charge is 0.327 e. The van der Waals surface area contributed by atoms with Gasteiger partial charge in [-0.1, -0.05) is 24.6 Å². The number of tetrazole rings is 1. The van der Waals surface area contributed by atoms with Crippen molar-refractivity contribution in [3.8, 4) is 11.5 Å². The van der Waals surface area contributed by atoms with Crippen molar-refractivity contribution in [3.63, 3.8) is 0 Å². The quantitative estimate of drug-likeness (QED) is 0.250. The summed E-state index contributed by atoms with van der Waals surface area (Å²) < 4.78 is 17.5. The van der Waals surface area contributed by atoms with Crippen molar-refractivity contribution in [3.05, 3.63) is 75.3 Å². The number of hydrogen-bond donors (Lipinski definition) is 1. The third kappa shape index (κ3) is 6.66. The fourth-order valence-corrected chi connectivity index (χ4v) is 4.86. The van der Waals surface area contributed by atoms with Gasteiger partial charge in [0.15, 0.2) is 17.3 Å². The number of nitrogens with zero attached hydrogens (tertiary/aromatic N) is 5. The first-order chi connectivity index (χ1) is 19.4. The van der Waals surface area contributed by atoms with Gasteiger partial charge in [-0.2, -0.15) is 0 Å². The van der Waals surface area contributed by atoms with E-state index in [0.717, 1.165) is 22.0 Å². The molecule has 4 aromatic rings. The Bertz CT molecular complexity index is 1510. The zero-order valence-corrected chi connectivity index (χ0v) is 23.6. The normalized spacial score (nSPS) is 12.1. The number of methoxy groups -OCH3 is 2. The van der Waals surface area contributed by atoms with E-state index in [0.29, 0.717) is 48.8 Å². The zero-order valence-electron chi connectivity index (χ0n) is 23.6. The van der Waals surface area contributed by atoms with Crippen LogP contribution in [0.15, 0.2) is 47.3 Å². The molecule has 0 amide bonds. The molecule has 11 heteroatoms. The summed E-state index contributed by atoms with van der Waals surface area (Å²) in [5.41, 5.74) is 3.44. The van der Waals surface area contributed by atoms with Crippen molar-refractivity contribution >= 4 is 16.9 Å². The van der Waals surface area contributed by atoms with Gasteiger partial charge in [0.05, 0.1) is 26.9 Å². The van der Waals surface area contributed by atoms with Crippen molar-refractivity contribution in [2.75, 3.05) is 27.4 Å². The first kappa shape index (κ1) is 28.8. The second-order valence-corrected chi connectivity index (χ2v) is 9.55. The van der Waals surface area contributed by atoms with E-state index in [1.54, 1.807) is 21.1 Å². The highest BCUT2D eigenvalue weighted by molar-refractivity contribution is 5.79. The Balaban J connectivity index is 1.69. The molecule has 0 saturated carbocycles. The first-order valence-corrected chi connectivity index (χ1v) is 13.4. The number of ether oxygens (including phenoxy) is 3. The van der Waals surface area contributed by atoms with Crippen LogP contribution in [0.1, 0.15) is 48.8 Å². The Hall–Kier alpha value is -4.25. The molecule has 11 nitrogen and oxygen atoms in total. The summed E-state index contributed by atoms with van der Waals surface area (Å²) in [6.07, 6.45) is 1.32. The molecule has 0 aliphatic carbocycles. The van der Waals surface area contributed by atoms with Crippen LogP contribution in [0.5, 0.6) is 11.5 Å². The molecular weight excluding hydrogens is 512 g/mol. The number of nitrogens with one attached hydrogen (secondary N) is 1. The number of aromatic amines is 1. The number of aryl methyl sites for hydroxylation is 1. The largest absolute Gasteiger partial charge is 0.493 e. The predicted molar refractivity (Wildman–Crippen MR) is 150 cm³/mol. The highest BCUT2D eigenvalue weighted by Gasteiger charge is 2.27. The molecule has 212 valence electrons. The van der Waals surface area contributed by atoms with Crippen molar-refractivity contribution in [1.29, 1.82) is 0 Å². The van der Waals surface area contributed by atoms with E-state index >= 15 is 0 Å². The summed E-state index contributed by atoms with van der Waals surface area (Å²) >= 11 is 0. The summed E-state index contributed by atoms with van der Waals surface area (Å²) in [7, 11) is 3.21. The summed E-state index contributed by atoms with van der Waals surface area (Å²) in [6.45, 7) is 6.94. The summed E-state index contributed by atoms with van der Waals surface area (Å²) in [5, 5.41) is 13.2. The van der Waals surface area contributed by atoms with Gasteiger partial charge in [0.1, 0.15) is 6.54 Å². The molecular formula is C29H36N6O5. The molecule has 4 rings (SSSR count). The molecule has 0 fully saturated rings. The van der Waals surface area contributed by atoms with Gasteiger partial charge in [0.25, 0.3) is 5.56 Å². The van der Waals surface area contributed by atoms with Crippen molar-refractivity contribution < 1.29 is 19.0 Å². The van der Waals surface area contributed by atoms with E-state index < -0.39 is 5.97 Å². The summed E-state index contributed by atoms with van der Waals surface area (Å²) in [5.74, 6) is 1.43. The molecule has 0 bridgehead atoms. The van der Waals surface area contributed by atoms with Crippen molar-refractivity contribution in [2.24, 2.45) is 0 Å². The van der Waals surface area contributed by atoms with E-state index in [1.165, 1.54) is 4.68 Å². The molecule has 2 heterocycles. The molecule has 2 aromatic carbocycles. The van der Waals surface area contributed by atoms with E-state index in [2.05, 4.69) is 31.5 Å². The molecule has 0 unspecified atom stereocenters. The minimum atomic E-state index is -0.413. The van der Waals surface area contributed by atoms with E-state index in [4.69, 9.17) is 14.2 Å². The summed E-state index contributed by atoms with van der Waals surface area (Å²) in [4.78, 5) is 30.6. The highest BCUT2D eigenvalue weighted by atomic mass is 16.5. The van der Waals surface area contributed by atoms with E-state index in [-0.39, 0.29) is 24.8 Å². The van der Waals surface area contributed by atoms with Crippen LogP contribution in [0.4, 0.5) is 0 Å². The number of carbonyl (C=O) groups excluding carboxylic acids is 1. The standard InChI is InChI=1S/C29H36N6O5/c1-6-24(28-31-32-33-35(28)18-27(36)40-7-2)34(13-12-20-9-11-25(38-4)26(15-20)39-5)17-22-16-21-14-19(3)8-10-23(21)30-29(22)37/h8-11,14-16,24H,6-7,12-13,17-18H2,1-5H3,(H,30,37)/t24-/m0/s1. The molecule has 0 aliphatic rings. The predicted octanol–water partition coefficient (Wildman–Crippen LogP) is 3.60. The van der Waals surface area contributed by atoms with Crippen LogP contribution >= 0.6 is 0 Å². The lowest BCUT2D eigenvalue weighted by atomic mass is 10.1. The van der Waals surface area contributed by atoms with Gasteiger partial charge in [-0.25, -0.2) is 4.68 Å². The van der Waals surface area contributed by atoms with Crippen molar-refractivity contribution in [1.82, 2.24) is 30.1 Å². The van der Waals surface area contributed by atoms with Crippen LogP contribution in [0, 0.1) is 6.92 Å². The maximum Gasteiger partial charge on any atom is 0.327 e. The highest BCUT2D eigenvalue weighted by Crippen LogP contribution is 2.29. The molecule has 0 aliphatic heterocycles. The lowest BCUT2D eigenvalue weighted by Gasteiger charge is -2.30. The SMILES string of the molecule is CCOC(=O)Cn1nnnc1[C@H](CC)N(CCc1ccc(OC)c(OC)c1)Cc1cc2cc(C)ccc2[nH]c1=O. The number of carbonyl (C=O) groups is 1. The number of benzene rings is 2. The minimum Gasteiger partial charge on any atom is -0.493 e. The third-order valence-electron chi connectivity index (χ3n) is 6.86. The van der Waals surface area contributed by atoms with Crippen LogP contribution in [-0.2, 0) is 29.0 Å². The van der Waals surface area contributed by atoms with Gasteiger partial charge in [0, 0.05) is 24.2 Å². The third-order valence-corrected chi connectivity index (χ3v) is 6.86. The molecule has 40 heavy (non-hydrogen) atoms. The molecule has 0 spiro atoms. The van der Waals surface area contributed by atoms with Crippen LogP contribution in [-0.4, -0.2) is 63.4 Å². The maximum absolute atomic E-state index is 13.1. The molecule has 1 atom stereocenters.